The minimum atomic E-state index is -0.584. The lowest BCUT2D eigenvalue weighted by atomic mass is 10.0. The van der Waals surface area contributed by atoms with Crippen LogP contribution in [0.15, 0.2) is 18.3 Å². The van der Waals surface area contributed by atoms with Crippen LogP contribution in [0.4, 0.5) is 0 Å². The van der Waals surface area contributed by atoms with Gasteiger partial charge >= 0.3 is 0 Å². The fraction of sp³-hybridized carbons (Fsp3) is 0.333. The van der Waals surface area contributed by atoms with Crippen LogP contribution in [0.2, 0.25) is 0 Å². The first-order valence-corrected chi connectivity index (χ1v) is 5.10. The van der Waals surface area contributed by atoms with Crippen LogP contribution >= 0.6 is 0 Å². The number of rotatable bonds is 2. The van der Waals surface area contributed by atoms with Crippen molar-refractivity contribution < 1.29 is 5.11 Å². The fourth-order valence-corrected chi connectivity index (χ4v) is 1.98. The quantitative estimate of drug-likeness (QED) is 0.698. The van der Waals surface area contributed by atoms with Crippen molar-refractivity contribution in [2.45, 2.75) is 20.0 Å². The number of aromatic nitrogens is 1. The molecular weight excluding hydrogens is 188 g/mol. The average molecular weight is 204 g/mol. The smallest absolute Gasteiger partial charge is 0.0932 e. The summed E-state index contributed by atoms with van der Waals surface area (Å²) in [5, 5.41) is 10.9. The summed E-state index contributed by atoms with van der Waals surface area (Å²) in [5.74, 6) is 0. The van der Waals surface area contributed by atoms with Crippen molar-refractivity contribution >= 4 is 10.9 Å². The summed E-state index contributed by atoms with van der Waals surface area (Å²) in [6.07, 6.45) is 1.27. The normalized spacial score (nSPS) is 13.3. The van der Waals surface area contributed by atoms with Gasteiger partial charge in [-0.3, -0.25) is 0 Å². The molecule has 1 aromatic carbocycles. The molecule has 0 amide bonds. The van der Waals surface area contributed by atoms with Crippen molar-refractivity contribution in [3.05, 3.63) is 35.0 Å². The molecule has 3 nitrogen and oxygen atoms in total. The number of aryl methyl sites for hydroxylation is 2. The van der Waals surface area contributed by atoms with Crippen LogP contribution in [-0.4, -0.2) is 16.6 Å². The summed E-state index contributed by atoms with van der Waals surface area (Å²) in [6, 6.07) is 4.14. The predicted molar refractivity (Wildman–Crippen MR) is 61.8 cm³/mol. The van der Waals surface area contributed by atoms with Crippen LogP contribution in [0.25, 0.3) is 10.9 Å². The van der Waals surface area contributed by atoms with Gasteiger partial charge < -0.3 is 15.8 Å². The second-order valence-electron chi connectivity index (χ2n) is 3.94. The summed E-state index contributed by atoms with van der Waals surface area (Å²) in [4.78, 5) is 3.20. The van der Waals surface area contributed by atoms with Crippen LogP contribution in [0, 0.1) is 13.8 Å². The van der Waals surface area contributed by atoms with Crippen LogP contribution in [-0.2, 0) is 0 Å². The minimum Gasteiger partial charge on any atom is -0.387 e. The number of hydrogen-bond donors (Lipinski definition) is 3. The van der Waals surface area contributed by atoms with Gasteiger partial charge in [-0.25, -0.2) is 0 Å². The number of aliphatic hydroxyl groups is 1. The highest BCUT2D eigenvalue weighted by Gasteiger charge is 2.13. The molecule has 0 fully saturated rings. The van der Waals surface area contributed by atoms with E-state index in [1.165, 1.54) is 11.1 Å². The highest BCUT2D eigenvalue weighted by molar-refractivity contribution is 5.89. The molecule has 0 radical (unpaired) electrons. The van der Waals surface area contributed by atoms with E-state index in [0.717, 1.165) is 16.5 Å². The molecule has 0 aliphatic rings. The molecule has 1 heterocycles. The zero-order valence-electron chi connectivity index (χ0n) is 9.04. The first kappa shape index (κ1) is 10.2. The molecule has 15 heavy (non-hydrogen) atoms. The monoisotopic (exact) mass is 204 g/mol. The Morgan fingerprint density at radius 1 is 1.33 bits per heavy atom. The van der Waals surface area contributed by atoms with Gasteiger partial charge in [0, 0.05) is 29.2 Å². The Bertz CT molecular complexity index is 488. The Morgan fingerprint density at radius 2 is 2.00 bits per heavy atom. The molecule has 1 unspecified atom stereocenters. The molecule has 4 N–H and O–H groups in total. The van der Waals surface area contributed by atoms with E-state index in [1.807, 2.05) is 13.1 Å². The zero-order valence-corrected chi connectivity index (χ0v) is 9.04. The summed E-state index contributed by atoms with van der Waals surface area (Å²) >= 11 is 0. The number of aliphatic hydroxyl groups excluding tert-OH is 1. The van der Waals surface area contributed by atoms with Gasteiger partial charge in [0.1, 0.15) is 0 Å². The van der Waals surface area contributed by atoms with Crippen LogP contribution < -0.4 is 5.73 Å². The van der Waals surface area contributed by atoms with E-state index in [9.17, 15) is 5.11 Å². The molecule has 0 saturated heterocycles. The molecule has 2 aromatic rings. The maximum Gasteiger partial charge on any atom is 0.0932 e. The molecule has 0 aliphatic carbocycles. The number of nitrogens with one attached hydrogen (secondary N) is 1. The van der Waals surface area contributed by atoms with Gasteiger partial charge in [-0.1, -0.05) is 12.1 Å². The Balaban J connectivity index is 2.73. The lowest BCUT2D eigenvalue weighted by molar-refractivity contribution is 0.188. The van der Waals surface area contributed by atoms with Crippen molar-refractivity contribution in [3.63, 3.8) is 0 Å². The number of nitrogens with two attached hydrogens (primary N) is 1. The standard InChI is InChI=1S/C12H16N2O/c1-7-3-4-8(2)12-11(7)9(6-14-12)10(15)5-13/h3-4,6,10,14-15H,5,13H2,1-2H3. The molecule has 1 atom stereocenters. The lowest BCUT2D eigenvalue weighted by Crippen LogP contribution is -2.11. The molecule has 1 aromatic heterocycles. The topological polar surface area (TPSA) is 62.0 Å². The van der Waals surface area contributed by atoms with Gasteiger partial charge in [0.15, 0.2) is 0 Å². The highest BCUT2D eigenvalue weighted by Crippen LogP contribution is 2.28. The van der Waals surface area contributed by atoms with Gasteiger partial charge in [-0.15, -0.1) is 0 Å². The number of hydrogen-bond acceptors (Lipinski definition) is 2. The third kappa shape index (κ3) is 1.54. The van der Waals surface area contributed by atoms with Crippen LogP contribution in [0.1, 0.15) is 22.8 Å². The Morgan fingerprint density at radius 3 is 2.67 bits per heavy atom. The van der Waals surface area contributed by atoms with E-state index >= 15 is 0 Å². The molecule has 2 rings (SSSR count). The predicted octanol–water partition coefficient (Wildman–Crippen LogP) is 1.78. The summed E-state index contributed by atoms with van der Waals surface area (Å²) in [5.41, 5.74) is 9.82. The second-order valence-corrected chi connectivity index (χ2v) is 3.94. The van der Waals surface area contributed by atoms with E-state index in [4.69, 9.17) is 5.73 Å². The van der Waals surface area contributed by atoms with E-state index in [2.05, 4.69) is 24.0 Å². The van der Waals surface area contributed by atoms with Gasteiger partial charge in [-0.2, -0.15) is 0 Å². The van der Waals surface area contributed by atoms with E-state index < -0.39 is 6.10 Å². The molecule has 0 spiro atoms. The van der Waals surface area contributed by atoms with Crippen molar-refractivity contribution in [3.8, 4) is 0 Å². The molecule has 0 saturated carbocycles. The molecular formula is C12H16N2O. The van der Waals surface area contributed by atoms with E-state index in [0.29, 0.717) is 0 Å². The maximum absolute atomic E-state index is 9.79. The molecule has 3 heteroatoms. The van der Waals surface area contributed by atoms with Crippen LogP contribution in [0.3, 0.4) is 0 Å². The Labute approximate surface area is 88.9 Å². The van der Waals surface area contributed by atoms with Crippen LogP contribution in [0.5, 0.6) is 0 Å². The third-order valence-corrected chi connectivity index (χ3v) is 2.86. The zero-order chi connectivity index (χ0) is 11.0. The largest absolute Gasteiger partial charge is 0.387 e. The van der Waals surface area contributed by atoms with E-state index in [1.54, 1.807) is 0 Å². The first-order chi connectivity index (χ1) is 7.15. The molecule has 80 valence electrons. The van der Waals surface area contributed by atoms with Gasteiger partial charge in [0.25, 0.3) is 0 Å². The van der Waals surface area contributed by atoms with Gasteiger partial charge in [0.2, 0.25) is 0 Å². The minimum absolute atomic E-state index is 0.250. The average Bonchev–Trinajstić information content (AvgIpc) is 2.68. The van der Waals surface area contributed by atoms with Gasteiger partial charge in [-0.05, 0) is 25.0 Å². The van der Waals surface area contributed by atoms with Crippen molar-refractivity contribution in [1.82, 2.24) is 4.98 Å². The highest BCUT2D eigenvalue weighted by atomic mass is 16.3. The number of benzene rings is 1. The molecule has 0 bridgehead atoms. The SMILES string of the molecule is Cc1ccc(C)c2c(C(O)CN)c[nH]c12. The number of fused-ring (bicyclic) bond motifs is 1. The third-order valence-electron chi connectivity index (χ3n) is 2.86. The number of H-pyrrole nitrogens is 1. The maximum atomic E-state index is 9.79. The van der Waals surface area contributed by atoms with Crippen molar-refractivity contribution in [1.29, 1.82) is 0 Å². The second kappa shape index (κ2) is 3.68. The number of aromatic amines is 1. The van der Waals surface area contributed by atoms with Crippen molar-refractivity contribution in [2.75, 3.05) is 6.54 Å². The summed E-state index contributed by atoms with van der Waals surface area (Å²) in [7, 11) is 0. The lowest BCUT2D eigenvalue weighted by Gasteiger charge is -2.08. The Hall–Kier alpha value is -1.32. The summed E-state index contributed by atoms with van der Waals surface area (Å²) in [6.45, 7) is 4.35. The first-order valence-electron chi connectivity index (χ1n) is 5.10. The molecule has 0 aliphatic heterocycles. The Kier molecular flexibility index (Phi) is 2.50. The van der Waals surface area contributed by atoms with E-state index in [-0.39, 0.29) is 6.54 Å². The van der Waals surface area contributed by atoms with Crippen molar-refractivity contribution in [2.24, 2.45) is 5.73 Å². The van der Waals surface area contributed by atoms with Gasteiger partial charge in [0.05, 0.1) is 6.10 Å². The fourth-order valence-electron chi connectivity index (χ4n) is 1.98. The summed E-state index contributed by atoms with van der Waals surface area (Å²) < 4.78 is 0.